The van der Waals surface area contributed by atoms with Gasteiger partial charge < -0.3 is 4.90 Å². The van der Waals surface area contributed by atoms with E-state index >= 15 is 0 Å². The van der Waals surface area contributed by atoms with Crippen LogP contribution in [0.15, 0.2) is 47.6 Å². The van der Waals surface area contributed by atoms with Crippen LogP contribution < -0.4 is 0 Å². The summed E-state index contributed by atoms with van der Waals surface area (Å²) < 4.78 is 37.5. The second-order valence-electron chi connectivity index (χ2n) is 5.09. The highest BCUT2D eigenvalue weighted by Gasteiger charge is 2.28. The van der Waals surface area contributed by atoms with Gasteiger partial charge in [-0.2, -0.15) is 0 Å². The maximum atomic E-state index is 13.2. The van der Waals surface area contributed by atoms with Gasteiger partial charge in [-0.05, 0) is 35.4 Å². The van der Waals surface area contributed by atoms with Crippen LogP contribution in [0, 0.1) is 5.82 Å². The van der Waals surface area contributed by atoms with Gasteiger partial charge in [-0.15, -0.1) is 0 Å². The van der Waals surface area contributed by atoms with E-state index in [0.717, 1.165) is 5.56 Å². The van der Waals surface area contributed by atoms with Crippen molar-refractivity contribution in [2.24, 2.45) is 0 Å². The molecule has 0 aliphatic carbocycles. The Morgan fingerprint density at radius 1 is 1.18 bits per heavy atom. The molecule has 0 saturated carbocycles. The summed E-state index contributed by atoms with van der Waals surface area (Å²) in [5, 5.41) is -0.119. The van der Waals surface area contributed by atoms with Gasteiger partial charge in [-0.1, -0.05) is 12.1 Å². The number of benzene rings is 1. The third kappa shape index (κ3) is 2.85. The molecule has 0 bridgehead atoms. The van der Waals surface area contributed by atoms with Crippen LogP contribution >= 0.6 is 0 Å². The number of carbonyl (C=O) groups is 1. The third-order valence-electron chi connectivity index (χ3n) is 3.51. The van der Waals surface area contributed by atoms with E-state index in [-0.39, 0.29) is 17.4 Å². The number of pyridine rings is 1. The SMILES string of the molecule is O=C(CS(=O)(=O)c1ccccn1)N1Cc2ccc(F)cc2C1. The molecule has 7 heteroatoms. The second-order valence-corrected chi connectivity index (χ2v) is 7.03. The van der Waals surface area contributed by atoms with Gasteiger partial charge in [0.25, 0.3) is 0 Å². The molecule has 3 rings (SSSR count). The molecule has 1 aromatic heterocycles. The molecule has 0 unspecified atom stereocenters. The summed E-state index contributed by atoms with van der Waals surface area (Å²) in [6.45, 7) is 0.524. The standard InChI is InChI=1S/C15H13FN2O3S/c16-13-5-4-11-8-18(9-12(11)7-13)15(19)10-22(20,21)14-3-1-2-6-17-14/h1-7H,8-10H2. The molecule has 1 aromatic carbocycles. The van der Waals surface area contributed by atoms with Crippen LogP contribution in [-0.4, -0.2) is 30.0 Å². The minimum atomic E-state index is -3.77. The fourth-order valence-electron chi connectivity index (χ4n) is 2.40. The van der Waals surface area contributed by atoms with Gasteiger partial charge in [0.1, 0.15) is 11.6 Å². The molecule has 114 valence electrons. The zero-order valence-corrected chi connectivity index (χ0v) is 12.4. The van der Waals surface area contributed by atoms with Crippen LogP contribution in [0.1, 0.15) is 11.1 Å². The maximum absolute atomic E-state index is 13.2. The molecule has 1 aliphatic rings. The molecule has 0 radical (unpaired) electrons. The lowest BCUT2D eigenvalue weighted by atomic mass is 10.1. The van der Waals surface area contributed by atoms with E-state index in [4.69, 9.17) is 0 Å². The van der Waals surface area contributed by atoms with E-state index in [1.807, 2.05) is 0 Å². The molecule has 0 spiro atoms. The summed E-state index contributed by atoms with van der Waals surface area (Å²) in [4.78, 5) is 17.4. The molecule has 0 N–H and O–H groups in total. The van der Waals surface area contributed by atoms with Crippen LogP contribution in [0.3, 0.4) is 0 Å². The molecule has 1 amide bonds. The number of amides is 1. The summed E-state index contributed by atoms with van der Waals surface area (Å²) in [7, 11) is -3.77. The second kappa shape index (κ2) is 5.49. The highest BCUT2D eigenvalue weighted by Crippen LogP contribution is 2.24. The van der Waals surface area contributed by atoms with Crippen molar-refractivity contribution in [1.29, 1.82) is 0 Å². The first-order valence-corrected chi connectivity index (χ1v) is 8.30. The Labute approximate surface area is 127 Å². The summed E-state index contributed by atoms with van der Waals surface area (Å²) in [6, 6.07) is 8.83. The Kier molecular flexibility index (Phi) is 3.66. The van der Waals surface area contributed by atoms with Crippen molar-refractivity contribution in [2.45, 2.75) is 18.1 Å². The van der Waals surface area contributed by atoms with Crippen molar-refractivity contribution in [2.75, 3.05) is 5.75 Å². The fraction of sp³-hybridized carbons (Fsp3) is 0.200. The van der Waals surface area contributed by atoms with Crippen molar-refractivity contribution in [3.05, 3.63) is 59.5 Å². The number of rotatable bonds is 3. The Morgan fingerprint density at radius 2 is 1.95 bits per heavy atom. The Hall–Kier alpha value is -2.28. The van der Waals surface area contributed by atoms with Gasteiger partial charge >= 0.3 is 0 Å². The first-order valence-electron chi connectivity index (χ1n) is 6.64. The highest BCUT2D eigenvalue weighted by molar-refractivity contribution is 7.92. The van der Waals surface area contributed by atoms with E-state index in [2.05, 4.69) is 4.98 Å². The molecule has 0 fully saturated rings. The van der Waals surface area contributed by atoms with Gasteiger partial charge in [0.2, 0.25) is 15.7 Å². The summed E-state index contributed by atoms with van der Waals surface area (Å²) >= 11 is 0. The van der Waals surface area contributed by atoms with Crippen LogP contribution in [0.5, 0.6) is 0 Å². The topological polar surface area (TPSA) is 67.3 Å². The van der Waals surface area contributed by atoms with E-state index < -0.39 is 21.5 Å². The third-order valence-corrected chi connectivity index (χ3v) is 5.02. The number of halogens is 1. The number of carbonyl (C=O) groups excluding carboxylic acids is 1. The van der Waals surface area contributed by atoms with Gasteiger partial charge in [0.05, 0.1) is 0 Å². The van der Waals surface area contributed by atoms with Gasteiger partial charge in [0, 0.05) is 19.3 Å². The van der Waals surface area contributed by atoms with Crippen LogP contribution in [0.4, 0.5) is 4.39 Å². The molecule has 2 heterocycles. The quantitative estimate of drug-likeness (QED) is 0.860. The first kappa shape index (κ1) is 14.6. The highest BCUT2D eigenvalue weighted by atomic mass is 32.2. The normalized spacial score (nSPS) is 14.0. The summed E-state index contributed by atoms with van der Waals surface area (Å²) in [5.74, 6) is -1.52. The zero-order chi connectivity index (χ0) is 15.7. The number of nitrogens with zero attached hydrogens (tertiary/aromatic N) is 2. The van der Waals surface area contributed by atoms with Crippen molar-refractivity contribution in [3.63, 3.8) is 0 Å². The van der Waals surface area contributed by atoms with Crippen molar-refractivity contribution >= 4 is 15.7 Å². The number of hydrogen-bond acceptors (Lipinski definition) is 4. The molecule has 0 saturated heterocycles. The summed E-state index contributed by atoms with van der Waals surface area (Å²) in [5.41, 5.74) is 1.55. The molecule has 2 aromatic rings. The lowest BCUT2D eigenvalue weighted by molar-refractivity contribution is -0.129. The number of sulfone groups is 1. The molecular formula is C15H13FN2O3S. The van der Waals surface area contributed by atoms with E-state index in [1.165, 1.54) is 29.3 Å². The smallest absolute Gasteiger partial charge is 0.238 e. The van der Waals surface area contributed by atoms with Crippen molar-refractivity contribution < 1.29 is 17.6 Å². The van der Waals surface area contributed by atoms with Crippen LogP contribution in [0.25, 0.3) is 0 Å². The minimum absolute atomic E-state index is 0.119. The van der Waals surface area contributed by atoms with E-state index in [9.17, 15) is 17.6 Å². The predicted octanol–water partition coefficient (Wildman–Crippen LogP) is 1.54. The van der Waals surface area contributed by atoms with Crippen molar-refractivity contribution in [1.82, 2.24) is 9.88 Å². The Morgan fingerprint density at radius 3 is 2.68 bits per heavy atom. The number of fused-ring (bicyclic) bond motifs is 1. The van der Waals surface area contributed by atoms with Crippen LogP contribution in [0.2, 0.25) is 0 Å². The number of aromatic nitrogens is 1. The van der Waals surface area contributed by atoms with E-state index in [0.29, 0.717) is 12.1 Å². The average Bonchev–Trinajstić information content (AvgIpc) is 2.91. The first-order chi connectivity index (χ1) is 10.5. The molecule has 1 aliphatic heterocycles. The van der Waals surface area contributed by atoms with Gasteiger partial charge in [-0.3, -0.25) is 4.79 Å². The lowest BCUT2D eigenvalue weighted by Gasteiger charge is -2.15. The van der Waals surface area contributed by atoms with Crippen molar-refractivity contribution in [3.8, 4) is 0 Å². The molecule has 0 atom stereocenters. The fourth-order valence-corrected chi connectivity index (χ4v) is 3.56. The molecule has 22 heavy (non-hydrogen) atoms. The largest absolute Gasteiger partial charge is 0.333 e. The van der Waals surface area contributed by atoms with Gasteiger partial charge in [0.15, 0.2) is 5.03 Å². The Bertz CT molecular complexity index is 822. The maximum Gasteiger partial charge on any atom is 0.238 e. The Balaban J connectivity index is 1.74. The molecule has 5 nitrogen and oxygen atoms in total. The minimum Gasteiger partial charge on any atom is -0.333 e. The number of hydrogen-bond donors (Lipinski definition) is 0. The lowest BCUT2D eigenvalue weighted by Crippen LogP contribution is -2.31. The van der Waals surface area contributed by atoms with Gasteiger partial charge in [-0.25, -0.2) is 17.8 Å². The molecular weight excluding hydrogens is 307 g/mol. The van der Waals surface area contributed by atoms with Crippen LogP contribution in [-0.2, 0) is 27.7 Å². The van der Waals surface area contributed by atoms with E-state index in [1.54, 1.807) is 18.2 Å². The monoisotopic (exact) mass is 320 g/mol. The zero-order valence-electron chi connectivity index (χ0n) is 11.6. The summed E-state index contributed by atoms with van der Waals surface area (Å²) in [6.07, 6.45) is 1.37. The predicted molar refractivity (Wildman–Crippen MR) is 76.9 cm³/mol. The average molecular weight is 320 g/mol.